The third-order valence-corrected chi connectivity index (χ3v) is 7.72. The van der Waals surface area contributed by atoms with E-state index in [1.54, 1.807) is 18.2 Å². The molecule has 1 N–H and O–H groups in total. The summed E-state index contributed by atoms with van der Waals surface area (Å²) in [6.07, 6.45) is -0.387. The van der Waals surface area contributed by atoms with E-state index in [4.69, 9.17) is 4.74 Å². The maximum atomic E-state index is 14.0. The fourth-order valence-electron chi connectivity index (χ4n) is 4.31. The molecule has 0 atom stereocenters. The fourth-order valence-corrected chi connectivity index (χ4v) is 5.70. The lowest BCUT2D eigenvalue weighted by atomic mass is 9.84. The van der Waals surface area contributed by atoms with Gasteiger partial charge in [0.2, 0.25) is 0 Å². The molecule has 3 aromatic carbocycles. The number of benzene rings is 3. The van der Waals surface area contributed by atoms with Gasteiger partial charge in [-0.2, -0.15) is 9.23 Å². The molecular formula is C27H25N3O6S. The second kappa shape index (κ2) is 9.26. The van der Waals surface area contributed by atoms with Crippen LogP contribution in [0.15, 0.2) is 70.4 Å². The highest BCUT2D eigenvalue weighted by molar-refractivity contribution is 7.90. The molecule has 0 aliphatic carbocycles. The number of aliphatic carboxylic acids is 1. The van der Waals surface area contributed by atoms with Crippen molar-refractivity contribution in [1.82, 2.24) is 8.54 Å². The molecule has 0 aliphatic rings. The van der Waals surface area contributed by atoms with Gasteiger partial charge in [-0.1, -0.05) is 39.0 Å². The molecule has 10 heteroatoms. The molecule has 0 spiro atoms. The zero-order chi connectivity index (χ0) is 27.1. The smallest absolute Gasteiger partial charge is 0.347 e. The molecule has 4 rings (SSSR count). The Morgan fingerprint density at radius 3 is 2.30 bits per heavy atom. The predicted molar refractivity (Wildman–Crippen MR) is 138 cm³/mol. The number of ether oxygens (including phenoxy) is 1. The van der Waals surface area contributed by atoms with E-state index in [2.05, 4.69) is 0 Å². The Morgan fingerprint density at radius 1 is 1.05 bits per heavy atom. The summed E-state index contributed by atoms with van der Waals surface area (Å²) >= 11 is 0. The van der Waals surface area contributed by atoms with Gasteiger partial charge in [0.15, 0.2) is 0 Å². The summed E-state index contributed by atoms with van der Waals surface area (Å²) < 4.78 is 34.5. The Labute approximate surface area is 213 Å². The molecule has 1 aromatic heterocycles. The summed E-state index contributed by atoms with van der Waals surface area (Å²) in [5, 5.41) is 19.1. The molecule has 190 valence electrons. The van der Waals surface area contributed by atoms with Crippen LogP contribution in [-0.4, -0.2) is 35.1 Å². The van der Waals surface area contributed by atoms with Crippen LogP contribution in [0.3, 0.4) is 0 Å². The van der Waals surface area contributed by atoms with Crippen molar-refractivity contribution in [3.05, 3.63) is 87.8 Å². The third kappa shape index (κ3) is 4.49. The van der Waals surface area contributed by atoms with E-state index in [0.29, 0.717) is 20.8 Å². The maximum Gasteiger partial charge on any atom is 0.347 e. The van der Waals surface area contributed by atoms with Crippen LogP contribution in [0, 0.1) is 11.3 Å². The quantitative estimate of drug-likeness (QED) is 0.409. The highest BCUT2D eigenvalue weighted by Crippen LogP contribution is 2.33. The van der Waals surface area contributed by atoms with Crippen LogP contribution >= 0.6 is 0 Å². The van der Waals surface area contributed by atoms with Crippen LogP contribution in [0.25, 0.3) is 16.7 Å². The zero-order valence-corrected chi connectivity index (χ0v) is 21.5. The lowest BCUT2D eigenvalue weighted by Crippen LogP contribution is -2.31. The molecule has 0 unspecified atom stereocenters. The lowest BCUT2D eigenvalue weighted by molar-refractivity contribution is -0.136. The third-order valence-electron chi connectivity index (χ3n) is 6.02. The number of nitriles is 1. The molecule has 4 aromatic rings. The first-order chi connectivity index (χ1) is 17.4. The van der Waals surface area contributed by atoms with Crippen LogP contribution in [-0.2, 0) is 26.7 Å². The number of para-hydroxylation sites is 1. The van der Waals surface area contributed by atoms with Crippen molar-refractivity contribution in [2.45, 2.75) is 37.5 Å². The zero-order valence-electron chi connectivity index (χ0n) is 20.7. The molecule has 0 fully saturated rings. The first-order valence-electron chi connectivity index (χ1n) is 11.3. The summed E-state index contributed by atoms with van der Waals surface area (Å²) in [6, 6.07) is 17.0. The number of nitrogens with zero attached hydrogens (tertiary/aromatic N) is 3. The number of imidazole rings is 1. The van der Waals surface area contributed by atoms with Gasteiger partial charge in [-0.3, -0.25) is 9.36 Å². The Bertz CT molecular complexity index is 1730. The number of hydrogen-bond acceptors (Lipinski definition) is 6. The average Bonchev–Trinajstić information content (AvgIpc) is 3.14. The van der Waals surface area contributed by atoms with Crippen molar-refractivity contribution in [1.29, 1.82) is 5.26 Å². The van der Waals surface area contributed by atoms with Gasteiger partial charge in [0.05, 0.1) is 46.8 Å². The van der Waals surface area contributed by atoms with Crippen LogP contribution in [0.5, 0.6) is 5.75 Å². The van der Waals surface area contributed by atoms with E-state index in [1.165, 1.54) is 54.1 Å². The van der Waals surface area contributed by atoms with Crippen LogP contribution in [0.1, 0.15) is 37.5 Å². The molecule has 0 saturated heterocycles. The Balaban J connectivity index is 2.17. The molecule has 0 aliphatic heterocycles. The highest BCUT2D eigenvalue weighted by atomic mass is 32.2. The van der Waals surface area contributed by atoms with Crippen molar-refractivity contribution in [3.63, 3.8) is 0 Å². The first-order valence-corrected chi connectivity index (χ1v) is 12.8. The van der Waals surface area contributed by atoms with Gasteiger partial charge in [0, 0.05) is 0 Å². The molecule has 0 saturated carbocycles. The van der Waals surface area contributed by atoms with Gasteiger partial charge in [0.1, 0.15) is 5.75 Å². The molecule has 37 heavy (non-hydrogen) atoms. The van der Waals surface area contributed by atoms with E-state index in [1.807, 2.05) is 26.8 Å². The molecule has 1 heterocycles. The number of aromatic nitrogens is 2. The maximum absolute atomic E-state index is 14.0. The number of rotatable bonds is 6. The molecule has 0 amide bonds. The lowest BCUT2D eigenvalue weighted by Gasteiger charge is -2.25. The largest absolute Gasteiger partial charge is 0.497 e. The van der Waals surface area contributed by atoms with E-state index in [0.717, 1.165) is 0 Å². The summed E-state index contributed by atoms with van der Waals surface area (Å²) in [5.74, 6) is -0.655. The second-order valence-corrected chi connectivity index (χ2v) is 11.3. The van der Waals surface area contributed by atoms with E-state index in [9.17, 15) is 28.4 Å². The summed E-state index contributed by atoms with van der Waals surface area (Å²) in [5.41, 5.74) is 0.291. The minimum atomic E-state index is -4.38. The molecular weight excluding hydrogens is 494 g/mol. The van der Waals surface area contributed by atoms with Crippen molar-refractivity contribution in [2.24, 2.45) is 0 Å². The van der Waals surface area contributed by atoms with E-state index >= 15 is 0 Å². The molecule has 0 radical (unpaired) electrons. The number of carboxylic acid groups (broad SMARTS) is 1. The first kappa shape index (κ1) is 25.7. The van der Waals surface area contributed by atoms with Crippen LogP contribution in [0.2, 0.25) is 0 Å². The Hall–Kier alpha value is -4.36. The van der Waals surface area contributed by atoms with Gasteiger partial charge in [-0.05, 0) is 59.0 Å². The van der Waals surface area contributed by atoms with Crippen LogP contribution in [0.4, 0.5) is 0 Å². The fraction of sp³-hybridized carbons (Fsp3) is 0.222. The van der Waals surface area contributed by atoms with Gasteiger partial charge in [-0.25, -0.2) is 13.2 Å². The van der Waals surface area contributed by atoms with E-state index in [-0.39, 0.29) is 33.6 Å². The van der Waals surface area contributed by atoms with E-state index < -0.39 is 27.1 Å². The summed E-state index contributed by atoms with van der Waals surface area (Å²) in [7, 11) is -2.93. The number of fused-ring (bicyclic) bond motifs is 1. The predicted octanol–water partition coefficient (Wildman–Crippen LogP) is 3.83. The molecule has 0 bridgehead atoms. The van der Waals surface area contributed by atoms with Gasteiger partial charge in [-0.15, -0.1) is 0 Å². The van der Waals surface area contributed by atoms with Crippen molar-refractivity contribution < 1.29 is 23.1 Å². The van der Waals surface area contributed by atoms with Gasteiger partial charge in [0.25, 0.3) is 10.0 Å². The number of carboxylic acids is 1. The minimum Gasteiger partial charge on any atom is -0.497 e. The summed E-state index contributed by atoms with van der Waals surface area (Å²) in [4.78, 5) is 25.6. The number of carbonyl (C=O) groups is 1. The Kier molecular flexibility index (Phi) is 6.44. The Morgan fingerprint density at radius 2 is 1.73 bits per heavy atom. The SMILES string of the molecule is COc1ccc(S(=O)(=O)n2c(=O)n(-c3c(CC(=O)O)cccc3C(C)(C)C)c3cc(C#N)ccc32)cc1. The van der Waals surface area contributed by atoms with Crippen molar-refractivity contribution >= 4 is 27.0 Å². The van der Waals surface area contributed by atoms with Crippen LogP contribution < -0.4 is 10.4 Å². The van der Waals surface area contributed by atoms with Gasteiger partial charge < -0.3 is 9.84 Å². The second-order valence-electron chi connectivity index (χ2n) is 9.51. The average molecular weight is 520 g/mol. The topological polar surface area (TPSA) is 131 Å². The van der Waals surface area contributed by atoms with Crippen molar-refractivity contribution in [2.75, 3.05) is 7.11 Å². The minimum absolute atomic E-state index is 0.0600. The monoisotopic (exact) mass is 519 g/mol. The standard InChI is InChI=1S/C27H25N3O6S/c1-27(2,3)21-7-5-6-18(15-24(31)32)25(21)29-23-14-17(16-28)8-13-22(23)30(26(29)33)37(34,35)20-11-9-19(36-4)10-12-20/h5-14H,15H2,1-4H3,(H,31,32). The molecule has 9 nitrogen and oxygen atoms in total. The number of methoxy groups -OCH3 is 1. The van der Waals surface area contributed by atoms with Gasteiger partial charge >= 0.3 is 11.7 Å². The van der Waals surface area contributed by atoms with Crippen molar-refractivity contribution in [3.8, 4) is 17.5 Å². The summed E-state index contributed by atoms with van der Waals surface area (Å²) in [6.45, 7) is 5.74. The normalized spacial score (nSPS) is 11.9. The number of hydrogen-bond donors (Lipinski definition) is 1. The highest BCUT2D eigenvalue weighted by Gasteiger charge is 2.30.